The molecule has 138 valence electrons. The number of amides is 1. The van der Waals surface area contributed by atoms with E-state index in [1.807, 2.05) is 61.6 Å². The molecular formula is C23H25N3O. The molecule has 0 spiro atoms. The van der Waals surface area contributed by atoms with Crippen molar-refractivity contribution < 1.29 is 4.79 Å². The van der Waals surface area contributed by atoms with E-state index < -0.39 is 0 Å². The molecule has 4 heteroatoms. The Morgan fingerprint density at radius 2 is 1.70 bits per heavy atom. The van der Waals surface area contributed by atoms with E-state index in [9.17, 15) is 4.79 Å². The van der Waals surface area contributed by atoms with E-state index in [-0.39, 0.29) is 5.91 Å². The first kappa shape index (κ1) is 18.6. The molecule has 1 N–H and O–H groups in total. The highest BCUT2D eigenvalue weighted by Crippen LogP contribution is 2.24. The second-order valence-electron chi connectivity index (χ2n) is 6.94. The van der Waals surface area contributed by atoms with Crippen molar-refractivity contribution in [3.05, 3.63) is 89.6 Å². The second kappa shape index (κ2) is 8.49. The average molecular weight is 359 g/mol. The van der Waals surface area contributed by atoms with Gasteiger partial charge in [-0.25, -0.2) is 4.98 Å². The predicted octanol–water partition coefficient (Wildman–Crippen LogP) is 5.09. The molecule has 0 atom stereocenters. The Labute approximate surface area is 160 Å². The molecular weight excluding hydrogens is 334 g/mol. The quantitative estimate of drug-likeness (QED) is 0.666. The summed E-state index contributed by atoms with van der Waals surface area (Å²) in [6.07, 6.45) is 1.63. The van der Waals surface area contributed by atoms with Gasteiger partial charge in [0.05, 0.1) is 5.56 Å². The Kier molecular flexibility index (Phi) is 5.87. The lowest BCUT2D eigenvalue weighted by Gasteiger charge is -2.18. The minimum absolute atomic E-state index is 0.145. The fourth-order valence-electron chi connectivity index (χ4n) is 2.99. The number of para-hydroxylation sites is 1. The summed E-state index contributed by atoms with van der Waals surface area (Å²) >= 11 is 0. The summed E-state index contributed by atoms with van der Waals surface area (Å²) in [4.78, 5) is 19.1. The standard InChI is InChI=1S/C23H25N3O/c1-17(2)20-11-7-8-12-21(20)25-23(27)19-13-14-22(24-15-19)26(3)16-18-9-5-4-6-10-18/h4-15,17H,16H2,1-3H3,(H,25,27). The maximum atomic E-state index is 12.6. The highest BCUT2D eigenvalue weighted by molar-refractivity contribution is 6.04. The Morgan fingerprint density at radius 1 is 1.00 bits per heavy atom. The molecule has 1 aromatic heterocycles. The number of nitrogens with zero attached hydrogens (tertiary/aromatic N) is 2. The highest BCUT2D eigenvalue weighted by atomic mass is 16.1. The van der Waals surface area contributed by atoms with Crippen molar-refractivity contribution in [2.45, 2.75) is 26.3 Å². The zero-order chi connectivity index (χ0) is 19.2. The summed E-state index contributed by atoms with van der Waals surface area (Å²) < 4.78 is 0. The monoisotopic (exact) mass is 359 g/mol. The summed E-state index contributed by atoms with van der Waals surface area (Å²) in [6, 6.07) is 21.8. The van der Waals surface area contributed by atoms with Crippen LogP contribution in [0.15, 0.2) is 72.9 Å². The molecule has 0 unspecified atom stereocenters. The van der Waals surface area contributed by atoms with Gasteiger partial charge < -0.3 is 10.2 Å². The van der Waals surface area contributed by atoms with Gasteiger partial charge in [-0.2, -0.15) is 0 Å². The van der Waals surface area contributed by atoms with Crippen LogP contribution in [0.2, 0.25) is 0 Å². The first-order chi connectivity index (χ1) is 13.0. The van der Waals surface area contributed by atoms with Gasteiger partial charge in [0.1, 0.15) is 5.82 Å². The van der Waals surface area contributed by atoms with Crippen LogP contribution in [0.3, 0.4) is 0 Å². The van der Waals surface area contributed by atoms with Gasteiger partial charge in [-0.05, 0) is 35.2 Å². The number of anilines is 2. The van der Waals surface area contributed by atoms with Crippen molar-refractivity contribution >= 4 is 17.4 Å². The smallest absolute Gasteiger partial charge is 0.257 e. The molecule has 4 nitrogen and oxygen atoms in total. The molecule has 1 amide bonds. The molecule has 0 aliphatic heterocycles. The third-order valence-corrected chi connectivity index (χ3v) is 4.49. The number of hydrogen-bond acceptors (Lipinski definition) is 3. The Hall–Kier alpha value is -3.14. The summed E-state index contributed by atoms with van der Waals surface area (Å²) in [5, 5.41) is 3.00. The van der Waals surface area contributed by atoms with E-state index >= 15 is 0 Å². The Bertz CT molecular complexity index is 889. The van der Waals surface area contributed by atoms with Crippen LogP contribution in [-0.4, -0.2) is 17.9 Å². The molecule has 3 aromatic rings. The largest absolute Gasteiger partial charge is 0.355 e. The molecule has 0 fully saturated rings. The normalized spacial score (nSPS) is 10.7. The van der Waals surface area contributed by atoms with Crippen LogP contribution >= 0.6 is 0 Å². The van der Waals surface area contributed by atoms with E-state index in [0.717, 1.165) is 23.6 Å². The summed E-state index contributed by atoms with van der Waals surface area (Å²) in [7, 11) is 1.99. The molecule has 2 aromatic carbocycles. The van der Waals surface area contributed by atoms with Crippen molar-refractivity contribution in [2.75, 3.05) is 17.3 Å². The topological polar surface area (TPSA) is 45.2 Å². The lowest BCUT2D eigenvalue weighted by atomic mass is 10.0. The lowest BCUT2D eigenvalue weighted by molar-refractivity contribution is 0.102. The Morgan fingerprint density at radius 3 is 2.37 bits per heavy atom. The first-order valence-electron chi connectivity index (χ1n) is 9.16. The maximum Gasteiger partial charge on any atom is 0.257 e. The zero-order valence-corrected chi connectivity index (χ0v) is 16.0. The molecule has 0 saturated heterocycles. The molecule has 0 bridgehead atoms. The number of carbonyl (C=O) groups excluding carboxylic acids is 1. The van der Waals surface area contributed by atoms with Crippen molar-refractivity contribution in [2.24, 2.45) is 0 Å². The van der Waals surface area contributed by atoms with Crippen LogP contribution in [0.1, 0.15) is 41.3 Å². The SMILES string of the molecule is CC(C)c1ccccc1NC(=O)c1ccc(N(C)Cc2ccccc2)nc1. The van der Waals surface area contributed by atoms with Gasteiger partial charge in [0.2, 0.25) is 0 Å². The first-order valence-corrected chi connectivity index (χ1v) is 9.16. The van der Waals surface area contributed by atoms with Crippen molar-refractivity contribution in [3.8, 4) is 0 Å². The van der Waals surface area contributed by atoms with Crippen LogP contribution in [0.4, 0.5) is 11.5 Å². The predicted molar refractivity (Wildman–Crippen MR) is 111 cm³/mol. The van der Waals surface area contributed by atoms with E-state index in [1.165, 1.54) is 5.56 Å². The van der Waals surface area contributed by atoms with Gasteiger partial charge in [0.25, 0.3) is 5.91 Å². The van der Waals surface area contributed by atoms with Gasteiger partial charge in [0, 0.05) is 25.5 Å². The fraction of sp³-hybridized carbons (Fsp3) is 0.217. The van der Waals surface area contributed by atoms with Crippen LogP contribution in [0.25, 0.3) is 0 Å². The zero-order valence-electron chi connectivity index (χ0n) is 16.0. The van der Waals surface area contributed by atoms with E-state index in [2.05, 4.69) is 41.2 Å². The molecule has 0 aliphatic rings. The van der Waals surface area contributed by atoms with Crippen LogP contribution in [-0.2, 0) is 6.54 Å². The minimum atomic E-state index is -0.145. The number of hydrogen-bond donors (Lipinski definition) is 1. The van der Waals surface area contributed by atoms with E-state index in [1.54, 1.807) is 6.20 Å². The Balaban J connectivity index is 1.69. The van der Waals surface area contributed by atoms with Gasteiger partial charge in [-0.3, -0.25) is 4.79 Å². The molecule has 0 aliphatic carbocycles. The molecule has 3 rings (SSSR count). The van der Waals surface area contributed by atoms with Crippen molar-refractivity contribution in [1.29, 1.82) is 0 Å². The van der Waals surface area contributed by atoms with Gasteiger partial charge >= 0.3 is 0 Å². The minimum Gasteiger partial charge on any atom is -0.355 e. The summed E-state index contributed by atoms with van der Waals surface area (Å²) in [5.41, 5.74) is 3.74. The molecule has 0 saturated carbocycles. The van der Waals surface area contributed by atoms with E-state index in [0.29, 0.717) is 11.5 Å². The van der Waals surface area contributed by atoms with Crippen LogP contribution < -0.4 is 10.2 Å². The summed E-state index contributed by atoms with van der Waals surface area (Å²) in [6.45, 7) is 5.00. The molecule has 27 heavy (non-hydrogen) atoms. The fourth-order valence-corrected chi connectivity index (χ4v) is 2.99. The van der Waals surface area contributed by atoms with Gasteiger partial charge in [-0.1, -0.05) is 62.4 Å². The third-order valence-electron chi connectivity index (χ3n) is 4.49. The number of benzene rings is 2. The van der Waals surface area contributed by atoms with Crippen LogP contribution in [0.5, 0.6) is 0 Å². The number of carbonyl (C=O) groups is 1. The van der Waals surface area contributed by atoms with Gasteiger partial charge in [0.15, 0.2) is 0 Å². The lowest BCUT2D eigenvalue weighted by Crippen LogP contribution is -2.18. The van der Waals surface area contributed by atoms with Crippen LogP contribution in [0, 0.1) is 0 Å². The highest BCUT2D eigenvalue weighted by Gasteiger charge is 2.12. The second-order valence-corrected chi connectivity index (χ2v) is 6.94. The average Bonchev–Trinajstić information content (AvgIpc) is 2.69. The molecule has 0 radical (unpaired) electrons. The number of aromatic nitrogens is 1. The van der Waals surface area contributed by atoms with Gasteiger partial charge in [-0.15, -0.1) is 0 Å². The molecule has 1 heterocycles. The summed E-state index contributed by atoms with van der Waals surface area (Å²) in [5.74, 6) is 1.03. The van der Waals surface area contributed by atoms with Crippen molar-refractivity contribution in [1.82, 2.24) is 4.98 Å². The third kappa shape index (κ3) is 4.73. The number of pyridine rings is 1. The van der Waals surface area contributed by atoms with Crippen molar-refractivity contribution in [3.63, 3.8) is 0 Å². The number of nitrogens with one attached hydrogen (secondary N) is 1. The number of rotatable bonds is 6. The maximum absolute atomic E-state index is 12.6. The van der Waals surface area contributed by atoms with E-state index in [4.69, 9.17) is 0 Å².